The Balaban J connectivity index is 2.18. The Bertz CT molecular complexity index is 578. The molecule has 2 N–H and O–H groups in total. The second-order valence-corrected chi connectivity index (χ2v) is 4.71. The fourth-order valence-corrected chi connectivity index (χ4v) is 1.84. The largest absolute Gasteiger partial charge is 0.507 e. The SMILES string of the molecule is O=C(O)c1ccc(Oc2ccc(O)c(I)c2)cc1. The molecular weight excluding hydrogens is 347 g/mol. The lowest BCUT2D eigenvalue weighted by Crippen LogP contribution is -1.95. The fourth-order valence-electron chi connectivity index (χ4n) is 1.35. The minimum Gasteiger partial charge on any atom is -0.507 e. The summed E-state index contributed by atoms with van der Waals surface area (Å²) in [5, 5.41) is 18.1. The van der Waals surface area contributed by atoms with Crippen molar-refractivity contribution in [3.8, 4) is 17.2 Å². The molecule has 2 aromatic rings. The molecule has 0 heterocycles. The minimum atomic E-state index is -0.972. The van der Waals surface area contributed by atoms with Gasteiger partial charge in [-0.05, 0) is 65.1 Å². The molecule has 0 aliphatic rings. The Labute approximate surface area is 117 Å². The first-order valence-electron chi connectivity index (χ1n) is 5.06. The molecule has 0 atom stereocenters. The van der Waals surface area contributed by atoms with Gasteiger partial charge in [0.25, 0.3) is 0 Å². The summed E-state index contributed by atoms with van der Waals surface area (Å²) >= 11 is 2.00. The number of hydrogen-bond donors (Lipinski definition) is 2. The van der Waals surface area contributed by atoms with Crippen LogP contribution in [0.4, 0.5) is 0 Å². The van der Waals surface area contributed by atoms with E-state index in [2.05, 4.69) is 0 Å². The van der Waals surface area contributed by atoms with Crippen molar-refractivity contribution in [2.45, 2.75) is 0 Å². The van der Waals surface area contributed by atoms with Crippen molar-refractivity contribution in [2.24, 2.45) is 0 Å². The van der Waals surface area contributed by atoms with Gasteiger partial charge in [-0.25, -0.2) is 4.79 Å². The number of ether oxygens (including phenoxy) is 1. The average molecular weight is 356 g/mol. The number of halogens is 1. The molecule has 2 rings (SSSR count). The highest BCUT2D eigenvalue weighted by Gasteiger charge is 2.04. The summed E-state index contributed by atoms with van der Waals surface area (Å²) < 4.78 is 6.23. The number of hydrogen-bond acceptors (Lipinski definition) is 3. The van der Waals surface area contributed by atoms with Crippen LogP contribution < -0.4 is 4.74 Å². The zero-order chi connectivity index (χ0) is 13.1. The number of phenols is 1. The van der Waals surface area contributed by atoms with E-state index in [1.165, 1.54) is 12.1 Å². The Kier molecular flexibility index (Phi) is 3.71. The van der Waals surface area contributed by atoms with Crippen LogP contribution in [0.2, 0.25) is 0 Å². The summed E-state index contributed by atoms with van der Waals surface area (Å²) in [5.74, 6) is 0.353. The number of carboxylic acids is 1. The second kappa shape index (κ2) is 5.26. The molecule has 0 radical (unpaired) electrons. The molecule has 0 aliphatic heterocycles. The van der Waals surface area contributed by atoms with Crippen molar-refractivity contribution in [1.82, 2.24) is 0 Å². The molecule has 0 bridgehead atoms. The molecule has 0 aromatic heterocycles. The Morgan fingerprint density at radius 3 is 2.22 bits per heavy atom. The molecule has 0 saturated carbocycles. The van der Waals surface area contributed by atoms with E-state index in [0.717, 1.165) is 0 Å². The van der Waals surface area contributed by atoms with E-state index in [1.54, 1.807) is 30.3 Å². The predicted octanol–water partition coefficient (Wildman–Crippen LogP) is 3.49. The highest BCUT2D eigenvalue weighted by Crippen LogP contribution is 2.28. The first kappa shape index (κ1) is 12.7. The lowest BCUT2D eigenvalue weighted by molar-refractivity contribution is 0.0697. The van der Waals surface area contributed by atoms with Gasteiger partial charge in [0.15, 0.2) is 0 Å². The smallest absolute Gasteiger partial charge is 0.335 e. The van der Waals surface area contributed by atoms with Crippen LogP contribution in [0.25, 0.3) is 0 Å². The first-order chi connectivity index (χ1) is 8.56. The quantitative estimate of drug-likeness (QED) is 0.827. The van der Waals surface area contributed by atoms with Crippen LogP contribution in [-0.4, -0.2) is 16.2 Å². The van der Waals surface area contributed by atoms with Gasteiger partial charge in [-0.15, -0.1) is 0 Å². The summed E-state index contributed by atoms with van der Waals surface area (Å²) in [7, 11) is 0. The maximum absolute atomic E-state index is 10.7. The van der Waals surface area contributed by atoms with E-state index in [4.69, 9.17) is 9.84 Å². The van der Waals surface area contributed by atoms with Gasteiger partial charge in [0.2, 0.25) is 0 Å². The highest BCUT2D eigenvalue weighted by molar-refractivity contribution is 14.1. The lowest BCUT2D eigenvalue weighted by Gasteiger charge is -2.07. The van der Waals surface area contributed by atoms with Crippen LogP contribution in [0, 0.1) is 3.57 Å². The monoisotopic (exact) mass is 356 g/mol. The maximum atomic E-state index is 10.7. The van der Waals surface area contributed by atoms with Gasteiger partial charge in [-0.3, -0.25) is 0 Å². The number of rotatable bonds is 3. The van der Waals surface area contributed by atoms with Crippen LogP contribution >= 0.6 is 22.6 Å². The third-order valence-corrected chi connectivity index (χ3v) is 3.12. The zero-order valence-corrected chi connectivity index (χ0v) is 11.3. The van der Waals surface area contributed by atoms with E-state index in [0.29, 0.717) is 15.1 Å². The average Bonchev–Trinajstić information content (AvgIpc) is 2.34. The van der Waals surface area contributed by atoms with E-state index < -0.39 is 5.97 Å². The van der Waals surface area contributed by atoms with Crippen LogP contribution in [-0.2, 0) is 0 Å². The number of phenolic OH excluding ortho intramolecular Hbond substituents is 1. The summed E-state index contributed by atoms with van der Waals surface area (Å²) in [6, 6.07) is 11.0. The molecule has 0 amide bonds. The van der Waals surface area contributed by atoms with Crippen molar-refractivity contribution in [3.63, 3.8) is 0 Å². The van der Waals surface area contributed by atoms with Gasteiger partial charge in [0, 0.05) is 0 Å². The topological polar surface area (TPSA) is 66.8 Å². The maximum Gasteiger partial charge on any atom is 0.335 e. The first-order valence-corrected chi connectivity index (χ1v) is 6.14. The van der Waals surface area contributed by atoms with Gasteiger partial charge in [0.1, 0.15) is 17.2 Å². The van der Waals surface area contributed by atoms with Gasteiger partial charge >= 0.3 is 5.97 Å². The molecule has 0 spiro atoms. The van der Waals surface area contributed by atoms with Crippen molar-refractivity contribution in [3.05, 3.63) is 51.6 Å². The molecule has 4 nitrogen and oxygen atoms in total. The van der Waals surface area contributed by atoms with Crippen LogP contribution in [0.15, 0.2) is 42.5 Å². The standard InChI is InChI=1S/C13H9IO4/c14-11-7-10(5-6-12(11)15)18-9-3-1-8(2-4-9)13(16)17/h1-7,15H,(H,16,17). The van der Waals surface area contributed by atoms with Crippen molar-refractivity contribution >= 4 is 28.6 Å². The molecule has 2 aromatic carbocycles. The van der Waals surface area contributed by atoms with Crippen LogP contribution in [0.3, 0.4) is 0 Å². The number of carboxylic acid groups (broad SMARTS) is 1. The van der Waals surface area contributed by atoms with Crippen LogP contribution in [0.1, 0.15) is 10.4 Å². The molecule has 0 unspecified atom stereocenters. The third-order valence-electron chi connectivity index (χ3n) is 2.26. The van der Waals surface area contributed by atoms with Crippen molar-refractivity contribution in [2.75, 3.05) is 0 Å². The van der Waals surface area contributed by atoms with Gasteiger partial charge in [-0.2, -0.15) is 0 Å². The molecule has 18 heavy (non-hydrogen) atoms. The molecule has 5 heteroatoms. The van der Waals surface area contributed by atoms with Crippen molar-refractivity contribution < 1.29 is 19.7 Å². The second-order valence-electron chi connectivity index (χ2n) is 3.54. The number of benzene rings is 2. The highest BCUT2D eigenvalue weighted by atomic mass is 127. The molecule has 0 saturated heterocycles. The van der Waals surface area contributed by atoms with Gasteiger partial charge in [0.05, 0.1) is 9.13 Å². The summed E-state index contributed by atoms with van der Waals surface area (Å²) in [5.41, 5.74) is 0.211. The number of aromatic carboxylic acids is 1. The Hall–Kier alpha value is -1.76. The predicted molar refractivity (Wildman–Crippen MR) is 74.3 cm³/mol. The summed E-state index contributed by atoms with van der Waals surface area (Å²) in [4.78, 5) is 10.7. The fraction of sp³-hybridized carbons (Fsp3) is 0. The van der Waals surface area contributed by atoms with E-state index in [1.807, 2.05) is 22.6 Å². The molecule has 92 valence electrons. The molecular formula is C13H9IO4. The normalized spacial score (nSPS) is 10.1. The Morgan fingerprint density at radius 2 is 1.67 bits per heavy atom. The lowest BCUT2D eigenvalue weighted by atomic mass is 10.2. The summed E-state index contributed by atoms with van der Waals surface area (Å²) in [6.45, 7) is 0. The summed E-state index contributed by atoms with van der Waals surface area (Å²) in [6.07, 6.45) is 0. The van der Waals surface area contributed by atoms with E-state index >= 15 is 0 Å². The van der Waals surface area contributed by atoms with Gasteiger partial charge in [-0.1, -0.05) is 0 Å². The number of carbonyl (C=O) groups is 1. The molecule has 0 aliphatic carbocycles. The number of aromatic hydroxyl groups is 1. The van der Waals surface area contributed by atoms with Gasteiger partial charge < -0.3 is 14.9 Å². The Morgan fingerprint density at radius 1 is 1.06 bits per heavy atom. The van der Waals surface area contributed by atoms with E-state index in [9.17, 15) is 9.90 Å². The molecule has 0 fully saturated rings. The third kappa shape index (κ3) is 2.92. The zero-order valence-electron chi connectivity index (χ0n) is 9.13. The van der Waals surface area contributed by atoms with Crippen molar-refractivity contribution in [1.29, 1.82) is 0 Å². The van der Waals surface area contributed by atoms with E-state index in [-0.39, 0.29) is 11.3 Å². The van der Waals surface area contributed by atoms with Crippen LogP contribution in [0.5, 0.6) is 17.2 Å². The minimum absolute atomic E-state index is 0.198.